The lowest BCUT2D eigenvalue weighted by molar-refractivity contribution is -0.116. The molecule has 17 heavy (non-hydrogen) atoms. The highest BCUT2D eigenvalue weighted by molar-refractivity contribution is 5.91. The number of ether oxygens (including phenoxy) is 1. The van der Waals surface area contributed by atoms with Crippen LogP contribution in [0.5, 0.6) is 5.75 Å². The van der Waals surface area contributed by atoms with Crippen LogP contribution in [0.2, 0.25) is 0 Å². The molecular formula is C13H18N2O2. The molecule has 1 aliphatic rings. The van der Waals surface area contributed by atoms with Crippen LogP contribution in [-0.2, 0) is 11.2 Å². The van der Waals surface area contributed by atoms with Gasteiger partial charge >= 0.3 is 0 Å². The Morgan fingerprint density at radius 3 is 3.12 bits per heavy atom. The lowest BCUT2D eigenvalue weighted by Crippen LogP contribution is -2.23. The SMILES string of the molecule is CC(N)CC(=O)Nc1ccc2c(c1)CC(C)O2. The van der Waals surface area contributed by atoms with Crippen molar-refractivity contribution in [2.45, 2.75) is 38.8 Å². The molecule has 0 saturated heterocycles. The Labute approximate surface area is 101 Å². The van der Waals surface area contributed by atoms with E-state index in [-0.39, 0.29) is 18.1 Å². The summed E-state index contributed by atoms with van der Waals surface area (Å²) >= 11 is 0. The Hall–Kier alpha value is -1.55. The third-order valence-electron chi connectivity index (χ3n) is 2.69. The zero-order chi connectivity index (χ0) is 12.4. The first-order chi connectivity index (χ1) is 8.04. The topological polar surface area (TPSA) is 64.4 Å². The van der Waals surface area contributed by atoms with Crippen molar-refractivity contribution in [3.05, 3.63) is 23.8 Å². The predicted octanol–water partition coefficient (Wildman–Crippen LogP) is 1.69. The van der Waals surface area contributed by atoms with Crippen LogP contribution in [0.3, 0.4) is 0 Å². The van der Waals surface area contributed by atoms with Crippen LogP contribution in [-0.4, -0.2) is 18.1 Å². The van der Waals surface area contributed by atoms with Crippen LogP contribution >= 0.6 is 0 Å². The Bertz CT molecular complexity index is 429. The van der Waals surface area contributed by atoms with Crippen molar-refractivity contribution in [1.82, 2.24) is 0 Å². The van der Waals surface area contributed by atoms with Gasteiger partial charge < -0.3 is 15.8 Å². The fourth-order valence-corrected chi connectivity index (χ4v) is 2.00. The molecule has 4 heteroatoms. The molecule has 1 aromatic rings. The van der Waals surface area contributed by atoms with Crippen molar-refractivity contribution in [3.8, 4) is 5.75 Å². The smallest absolute Gasteiger partial charge is 0.225 e. The fraction of sp³-hybridized carbons (Fsp3) is 0.462. The number of hydrogen-bond donors (Lipinski definition) is 2. The van der Waals surface area contributed by atoms with Crippen LogP contribution in [0.4, 0.5) is 5.69 Å². The average molecular weight is 234 g/mol. The minimum atomic E-state index is -0.118. The minimum Gasteiger partial charge on any atom is -0.490 e. The van der Waals surface area contributed by atoms with E-state index in [2.05, 4.69) is 5.32 Å². The van der Waals surface area contributed by atoms with Crippen LogP contribution in [0.1, 0.15) is 25.8 Å². The summed E-state index contributed by atoms with van der Waals surface area (Å²) in [6, 6.07) is 5.61. The van der Waals surface area contributed by atoms with Gasteiger partial charge in [-0.1, -0.05) is 0 Å². The van der Waals surface area contributed by atoms with Crippen LogP contribution in [0.25, 0.3) is 0 Å². The Kier molecular flexibility index (Phi) is 3.33. The van der Waals surface area contributed by atoms with Crippen molar-refractivity contribution < 1.29 is 9.53 Å². The predicted molar refractivity (Wildman–Crippen MR) is 67.1 cm³/mol. The number of anilines is 1. The van der Waals surface area contributed by atoms with Crippen LogP contribution < -0.4 is 15.8 Å². The lowest BCUT2D eigenvalue weighted by Gasteiger charge is -2.08. The number of rotatable bonds is 3. The van der Waals surface area contributed by atoms with Crippen molar-refractivity contribution in [2.24, 2.45) is 5.73 Å². The first-order valence-electron chi connectivity index (χ1n) is 5.89. The van der Waals surface area contributed by atoms with Gasteiger partial charge in [-0.3, -0.25) is 4.79 Å². The van der Waals surface area contributed by atoms with Gasteiger partial charge in [0, 0.05) is 24.6 Å². The molecule has 0 radical (unpaired) electrons. The molecule has 1 aliphatic heterocycles. The Balaban J connectivity index is 2.04. The van der Waals surface area contributed by atoms with E-state index in [1.54, 1.807) is 0 Å². The Morgan fingerprint density at radius 2 is 2.41 bits per heavy atom. The molecule has 0 aromatic heterocycles. The van der Waals surface area contributed by atoms with Crippen molar-refractivity contribution in [1.29, 1.82) is 0 Å². The second-order valence-corrected chi connectivity index (χ2v) is 4.68. The monoisotopic (exact) mass is 234 g/mol. The van der Waals surface area contributed by atoms with Gasteiger partial charge in [-0.15, -0.1) is 0 Å². The first-order valence-corrected chi connectivity index (χ1v) is 5.89. The molecule has 0 bridgehead atoms. The number of nitrogens with one attached hydrogen (secondary N) is 1. The van der Waals surface area contributed by atoms with Gasteiger partial charge in [-0.25, -0.2) is 0 Å². The number of carbonyl (C=O) groups is 1. The van der Waals surface area contributed by atoms with E-state index in [0.717, 1.165) is 23.4 Å². The molecule has 0 saturated carbocycles. The third kappa shape index (κ3) is 2.97. The highest BCUT2D eigenvalue weighted by Gasteiger charge is 2.19. The van der Waals surface area contributed by atoms with E-state index in [9.17, 15) is 4.79 Å². The quantitative estimate of drug-likeness (QED) is 0.836. The third-order valence-corrected chi connectivity index (χ3v) is 2.69. The second-order valence-electron chi connectivity index (χ2n) is 4.68. The largest absolute Gasteiger partial charge is 0.490 e. The highest BCUT2D eigenvalue weighted by atomic mass is 16.5. The van der Waals surface area contributed by atoms with Gasteiger partial charge in [0.1, 0.15) is 11.9 Å². The molecule has 1 heterocycles. The van der Waals surface area contributed by atoms with E-state index < -0.39 is 0 Å². The highest BCUT2D eigenvalue weighted by Crippen LogP contribution is 2.30. The maximum Gasteiger partial charge on any atom is 0.225 e. The standard InChI is InChI=1S/C13H18N2O2/c1-8(14)5-13(16)15-11-3-4-12-10(7-11)6-9(2)17-12/h3-4,7-9H,5-6,14H2,1-2H3,(H,15,16). The molecule has 0 aliphatic carbocycles. The molecule has 1 aromatic carbocycles. The van der Waals surface area contributed by atoms with Gasteiger partial charge in [-0.2, -0.15) is 0 Å². The average Bonchev–Trinajstić information content (AvgIpc) is 2.55. The molecule has 92 valence electrons. The summed E-state index contributed by atoms with van der Waals surface area (Å²) in [4.78, 5) is 11.6. The van der Waals surface area contributed by atoms with E-state index in [4.69, 9.17) is 10.5 Å². The number of nitrogens with two attached hydrogens (primary N) is 1. The van der Waals surface area contributed by atoms with Gasteiger partial charge in [0.15, 0.2) is 0 Å². The number of carbonyl (C=O) groups excluding carboxylic acids is 1. The minimum absolute atomic E-state index is 0.0492. The summed E-state index contributed by atoms with van der Waals surface area (Å²) in [6.07, 6.45) is 1.45. The molecule has 4 nitrogen and oxygen atoms in total. The van der Waals surface area contributed by atoms with Crippen molar-refractivity contribution in [2.75, 3.05) is 5.32 Å². The second kappa shape index (κ2) is 4.75. The van der Waals surface area contributed by atoms with Crippen LogP contribution in [0.15, 0.2) is 18.2 Å². The molecule has 0 spiro atoms. The molecule has 1 amide bonds. The van der Waals surface area contributed by atoms with Crippen molar-refractivity contribution in [3.63, 3.8) is 0 Å². The Morgan fingerprint density at radius 1 is 1.65 bits per heavy atom. The maximum atomic E-state index is 11.6. The summed E-state index contributed by atoms with van der Waals surface area (Å²) in [5.41, 5.74) is 7.54. The number of amides is 1. The normalized spacial score (nSPS) is 19.4. The first kappa shape index (κ1) is 11.9. The summed E-state index contributed by atoms with van der Waals surface area (Å²) in [7, 11) is 0. The van der Waals surface area contributed by atoms with Crippen molar-refractivity contribution >= 4 is 11.6 Å². The van der Waals surface area contributed by atoms with E-state index in [1.807, 2.05) is 32.0 Å². The molecule has 3 N–H and O–H groups in total. The number of hydrogen-bond acceptors (Lipinski definition) is 3. The lowest BCUT2D eigenvalue weighted by atomic mass is 10.1. The zero-order valence-corrected chi connectivity index (χ0v) is 10.2. The molecular weight excluding hydrogens is 216 g/mol. The maximum absolute atomic E-state index is 11.6. The van der Waals surface area contributed by atoms with E-state index >= 15 is 0 Å². The van der Waals surface area contributed by atoms with Gasteiger partial charge in [0.25, 0.3) is 0 Å². The van der Waals surface area contributed by atoms with Crippen LogP contribution in [0, 0.1) is 0 Å². The van der Waals surface area contributed by atoms with Gasteiger partial charge in [0.2, 0.25) is 5.91 Å². The van der Waals surface area contributed by atoms with E-state index in [0.29, 0.717) is 6.42 Å². The zero-order valence-electron chi connectivity index (χ0n) is 10.2. The molecule has 2 unspecified atom stereocenters. The molecule has 0 fully saturated rings. The number of fused-ring (bicyclic) bond motifs is 1. The summed E-state index contributed by atoms with van der Waals surface area (Å²) in [5, 5.41) is 2.84. The molecule has 2 atom stereocenters. The number of benzene rings is 1. The van der Waals surface area contributed by atoms with E-state index in [1.165, 1.54) is 0 Å². The summed E-state index contributed by atoms with van der Waals surface area (Å²) < 4.78 is 5.60. The van der Waals surface area contributed by atoms with Gasteiger partial charge in [-0.05, 0) is 37.6 Å². The van der Waals surface area contributed by atoms with Gasteiger partial charge in [0.05, 0.1) is 0 Å². The fourth-order valence-electron chi connectivity index (χ4n) is 2.00. The summed E-state index contributed by atoms with van der Waals surface area (Å²) in [5.74, 6) is 0.870. The summed E-state index contributed by atoms with van der Waals surface area (Å²) in [6.45, 7) is 3.85. The molecule has 2 rings (SSSR count).